The summed E-state index contributed by atoms with van der Waals surface area (Å²) in [5.74, 6) is 0. The van der Waals surface area contributed by atoms with Gasteiger partial charge in [-0.1, -0.05) is 0 Å². The van der Waals surface area contributed by atoms with Crippen LogP contribution in [0.3, 0.4) is 0 Å². The van der Waals surface area contributed by atoms with E-state index in [9.17, 15) is 0 Å². The van der Waals surface area contributed by atoms with Gasteiger partial charge in [-0.15, -0.1) is 0 Å². The monoisotopic (exact) mass is 160 g/mol. The number of ether oxygens (including phenoxy) is 1. The van der Waals surface area contributed by atoms with Gasteiger partial charge in [0.25, 0.3) is 0 Å². The van der Waals surface area contributed by atoms with Crippen LogP contribution in [0.1, 0.15) is 6.92 Å². The molecule has 1 rings (SSSR count). The van der Waals surface area contributed by atoms with Crippen LogP contribution in [-0.2, 0) is 4.74 Å². The summed E-state index contributed by atoms with van der Waals surface area (Å²) in [6.45, 7) is 8.33. The van der Waals surface area contributed by atoms with Gasteiger partial charge in [0.1, 0.15) is 19.6 Å². The Balaban J connectivity index is 2.42. The molecule has 0 aromatic heterocycles. The Morgan fingerprint density at radius 2 is 2.00 bits per heavy atom. The van der Waals surface area contributed by atoms with E-state index in [0.717, 1.165) is 43.9 Å². The van der Waals surface area contributed by atoms with Crippen molar-refractivity contribution in [1.82, 2.24) is 0 Å². The molecule has 1 aliphatic heterocycles. The third kappa shape index (κ3) is 2.15. The van der Waals surface area contributed by atoms with E-state index < -0.39 is 0 Å². The van der Waals surface area contributed by atoms with E-state index in [-0.39, 0.29) is 0 Å². The third-order valence-corrected chi connectivity index (χ3v) is 2.67. The molecule has 0 aliphatic carbocycles. The van der Waals surface area contributed by atoms with Gasteiger partial charge >= 0.3 is 0 Å². The molecule has 0 atom stereocenters. The number of likely N-dealkylation sites (N-methyl/N-ethyl adjacent to an activating group) is 1. The van der Waals surface area contributed by atoms with Gasteiger partial charge in [-0.25, -0.2) is 0 Å². The summed E-state index contributed by atoms with van der Waals surface area (Å²) >= 11 is 0. The second-order valence-corrected chi connectivity index (χ2v) is 3.16. The number of aliphatic hydroxyl groups excluding tert-OH is 1. The first-order chi connectivity index (χ1) is 5.33. The van der Waals surface area contributed by atoms with Gasteiger partial charge in [-0.3, -0.25) is 0 Å². The quantitative estimate of drug-likeness (QED) is 0.582. The van der Waals surface area contributed by atoms with Crippen molar-refractivity contribution < 1.29 is 14.3 Å². The van der Waals surface area contributed by atoms with E-state index in [1.165, 1.54) is 0 Å². The van der Waals surface area contributed by atoms with Crippen molar-refractivity contribution in [1.29, 1.82) is 0 Å². The highest BCUT2D eigenvalue weighted by atomic mass is 16.5. The lowest BCUT2D eigenvalue weighted by Crippen LogP contribution is -2.56. The van der Waals surface area contributed by atoms with Crippen LogP contribution in [0.2, 0.25) is 0 Å². The number of hydrogen-bond acceptors (Lipinski definition) is 2. The smallest absolute Gasteiger partial charge is 0.103 e. The average molecular weight is 160 g/mol. The minimum absolute atomic E-state index is 0.299. The number of morpholine rings is 1. The number of rotatable bonds is 3. The zero-order chi connectivity index (χ0) is 8.16. The fourth-order valence-corrected chi connectivity index (χ4v) is 1.64. The van der Waals surface area contributed by atoms with Gasteiger partial charge in [0, 0.05) is 0 Å². The Labute approximate surface area is 68.2 Å². The van der Waals surface area contributed by atoms with Crippen LogP contribution in [0.5, 0.6) is 0 Å². The number of quaternary nitrogens is 1. The molecule has 3 heteroatoms. The molecule has 0 unspecified atom stereocenters. The van der Waals surface area contributed by atoms with Crippen molar-refractivity contribution in [2.75, 3.05) is 46.0 Å². The standard InChI is InChI=1S/C8H18NO2/c1-2-9(3-6-10)4-7-11-8-5-9/h10H,2-8H2,1H3/q+1. The Kier molecular flexibility index (Phi) is 3.30. The Hall–Kier alpha value is -0.120. The highest BCUT2D eigenvalue weighted by Crippen LogP contribution is 2.09. The second-order valence-electron chi connectivity index (χ2n) is 3.16. The first kappa shape index (κ1) is 8.97. The topological polar surface area (TPSA) is 29.5 Å². The van der Waals surface area contributed by atoms with E-state index in [1.54, 1.807) is 0 Å². The SMILES string of the molecule is CC[N+]1(CCO)CCOCC1. The molecule has 1 fully saturated rings. The molecule has 0 saturated carbocycles. The van der Waals surface area contributed by atoms with Crippen molar-refractivity contribution in [3.05, 3.63) is 0 Å². The lowest BCUT2D eigenvalue weighted by Gasteiger charge is -2.40. The zero-order valence-corrected chi connectivity index (χ0v) is 7.25. The van der Waals surface area contributed by atoms with Crippen molar-refractivity contribution in [2.45, 2.75) is 6.92 Å². The van der Waals surface area contributed by atoms with Gasteiger partial charge in [0.2, 0.25) is 0 Å². The van der Waals surface area contributed by atoms with Gasteiger partial charge in [-0.2, -0.15) is 0 Å². The fourth-order valence-electron chi connectivity index (χ4n) is 1.64. The normalized spacial score (nSPS) is 23.5. The lowest BCUT2D eigenvalue weighted by atomic mass is 10.3. The molecule has 1 saturated heterocycles. The van der Waals surface area contributed by atoms with Crippen molar-refractivity contribution in [2.24, 2.45) is 0 Å². The summed E-state index contributed by atoms with van der Waals surface area (Å²) in [6.07, 6.45) is 0. The van der Waals surface area contributed by atoms with Crippen LogP contribution in [0, 0.1) is 0 Å². The minimum Gasteiger partial charge on any atom is -0.391 e. The molecular weight excluding hydrogens is 142 g/mol. The number of nitrogens with zero attached hydrogens (tertiary/aromatic N) is 1. The molecule has 66 valence electrons. The van der Waals surface area contributed by atoms with Crippen LogP contribution in [0.4, 0.5) is 0 Å². The third-order valence-electron chi connectivity index (χ3n) is 2.67. The fraction of sp³-hybridized carbons (Fsp3) is 1.00. The molecule has 0 aromatic rings. The largest absolute Gasteiger partial charge is 0.391 e. The van der Waals surface area contributed by atoms with Crippen molar-refractivity contribution in [3.63, 3.8) is 0 Å². The van der Waals surface area contributed by atoms with Gasteiger partial charge in [-0.05, 0) is 6.92 Å². The molecule has 1 aliphatic rings. The Morgan fingerprint density at radius 1 is 1.36 bits per heavy atom. The van der Waals surface area contributed by atoms with E-state index in [0.29, 0.717) is 6.61 Å². The van der Waals surface area contributed by atoms with E-state index in [4.69, 9.17) is 9.84 Å². The Morgan fingerprint density at radius 3 is 2.45 bits per heavy atom. The molecule has 1 heterocycles. The molecular formula is C8H18NO2+. The lowest BCUT2D eigenvalue weighted by molar-refractivity contribution is -0.933. The highest BCUT2D eigenvalue weighted by molar-refractivity contribution is 4.48. The molecule has 3 nitrogen and oxygen atoms in total. The van der Waals surface area contributed by atoms with Gasteiger partial charge in [0.15, 0.2) is 0 Å². The summed E-state index contributed by atoms with van der Waals surface area (Å²) < 4.78 is 6.31. The molecule has 11 heavy (non-hydrogen) atoms. The van der Waals surface area contributed by atoms with Crippen molar-refractivity contribution in [3.8, 4) is 0 Å². The molecule has 0 aromatic carbocycles. The zero-order valence-electron chi connectivity index (χ0n) is 7.25. The van der Waals surface area contributed by atoms with Crippen LogP contribution >= 0.6 is 0 Å². The predicted octanol–water partition coefficient (Wildman–Crippen LogP) is -0.154. The Bertz CT molecular complexity index is 105. The summed E-state index contributed by atoms with van der Waals surface area (Å²) in [4.78, 5) is 0. The molecule has 0 bridgehead atoms. The predicted molar refractivity (Wildman–Crippen MR) is 43.3 cm³/mol. The molecule has 1 N–H and O–H groups in total. The van der Waals surface area contributed by atoms with Gasteiger partial charge < -0.3 is 14.3 Å². The summed E-state index contributed by atoms with van der Waals surface area (Å²) in [5, 5.41) is 8.86. The van der Waals surface area contributed by atoms with E-state index in [2.05, 4.69) is 6.92 Å². The van der Waals surface area contributed by atoms with E-state index >= 15 is 0 Å². The van der Waals surface area contributed by atoms with Crippen LogP contribution in [-0.4, -0.2) is 55.6 Å². The van der Waals surface area contributed by atoms with Crippen LogP contribution in [0.15, 0.2) is 0 Å². The van der Waals surface area contributed by atoms with E-state index in [1.807, 2.05) is 0 Å². The van der Waals surface area contributed by atoms with Crippen molar-refractivity contribution >= 4 is 0 Å². The molecule has 0 spiro atoms. The average Bonchev–Trinajstić information content (AvgIpc) is 2.07. The molecule has 0 amide bonds. The maximum absolute atomic E-state index is 8.86. The minimum atomic E-state index is 0.299. The summed E-state index contributed by atoms with van der Waals surface area (Å²) in [6, 6.07) is 0. The highest BCUT2D eigenvalue weighted by Gasteiger charge is 2.27. The summed E-state index contributed by atoms with van der Waals surface area (Å²) in [7, 11) is 0. The van der Waals surface area contributed by atoms with Gasteiger partial charge in [0.05, 0.1) is 26.4 Å². The maximum atomic E-state index is 8.86. The summed E-state index contributed by atoms with van der Waals surface area (Å²) in [5.41, 5.74) is 0. The molecule has 0 radical (unpaired) electrons. The second kappa shape index (κ2) is 4.04. The first-order valence-electron chi connectivity index (χ1n) is 4.37. The number of aliphatic hydroxyl groups is 1. The maximum Gasteiger partial charge on any atom is 0.103 e. The first-order valence-corrected chi connectivity index (χ1v) is 4.37. The van der Waals surface area contributed by atoms with Crippen LogP contribution < -0.4 is 0 Å². The number of hydrogen-bond donors (Lipinski definition) is 1. The van der Waals surface area contributed by atoms with Crippen LogP contribution in [0.25, 0.3) is 0 Å².